The van der Waals surface area contributed by atoms with Crippen molar-refractivity contribution in [1.29, 1.82) is 0 Å². The van der Waals surface area contributed by atoms with Gasteiger partial charge in [0.1, 0.15) is 6.33 Å². The third-order valence-electron chi connectivity index (χ3n) is 3.46. The first-order valence-corrected chi connectivity index (χ1v) is 6.79. The number of nitrogens with zero attached hydrogens (tertiary/aromatic N) is 3. The van der Waals surface area contributed by atoms with Crippen LogP contribution in [-0.2, 0) is 6.42 Å². The molecule has 0 bridgehead atoms. The van der Waals surface area contributed by atoms with Crippen LogP contribution in [0.3, 0.4) is 0 Å². The molecule has 0 saturated carbocycles. The second-order valence-corrected chi connectivity index (χ2v) is 5.43. The first-order valence-electron chi connectivity index (χ1n) is 6.79. The fourth-order valence-corrected chi connectivity index (χ4v) is 2.26. The van der Waals surface area contributed by atoms with E-state index in [0.717, 1.165) is 17.8 Å². The Bertz CT molecular complexity index is 549. The van der Waals surface area contributed by atoms with Crippen LogP contribution in [0.4, 0.5) is 0 Å². The molecule has 0 saturated heterocycles. The van der Waals surface area contributed by atoms with Crippen molar-refractivity contribution in [3.8, 4) is 0 Å². The summed E-state index contributed by atoms with van der Waals surface area (Å²) in [5, 5.41) is 0. The fraction of sp³-hybridized carbons (Fsp3) is 0.438. The van der Waals surface area contributed by atoms with Crippen molar-refractivity contribution >= 4 is 0 Å². The number of rotatable bonds is 4. The van der Waals surface area contributed by atoms with E-state index in [1.807, 2.05) is 12.4 Å². The molecular weight excluding hydrogens is 234 g/mol. The van der Waals surface area contributed by atoms with Crippen molar-refractivity contribution in [2.24, 2.45) is 0 Å². The summed E-state index contributed by atoms with van der Waals surface area (Å²) >= 11 is 0. The van der Waals surface area contributed by atoms with E-state index in [1.165, 1.54) is 11.1 Å². The Morgan fingerprint density at radius 1 is 1.16 bits per heavy atom. The molecule has 0 aliphatic carbocycles. The molecule has 0 radical (unpaired) electrons. The molecule has 0 amide bonds. The third-order valence-corrected chi connectivity index (χ3v) is 3.46. The number of pyridine rings is 1. The van der Waals surface area contributed by atoms with Crippen molar-refractivity contribution in [2.45, 2.75) is 46.0 Å². The number of aryl methyl sites for hydroxylation is 1. The Morgan fingerprint density at radius 3 is 2.63 bits per heavy atom. The molecule has 0 aliphatic heterocycles. The van der Waals surface area contributed by atoms with Gasteiger partial charge in [0.15, 0.2) is 0 Å². The zero-order chi connectivity index (χ0) is 13.8. The molecule has 2 aromatic rings. The zero-order valence-corrected chi connectivity index (χ0v) is 12.1. The van der Waals surface area contributed by atoms with Gasteiger partial charge in [-0.05, 0) is 48.4 Å². The van der Waals surface area contributed by atoms with Crippen molar-refractivity contribution in [3.05, 3.63) is 53.4 Å². The fourth-order valence-electron chi connectivity index (χ4n) is 2.26. The monoisotopic (exact) mass is 255 g/mol. The van der Waals surface area contributed by atoms with E-state index < -0.39 is 0 Å². The SMILES string of the molecule is Cc1ccncc1C(C)Cc1cc(C(C)C)ncn1. The lowest BCUT2D eigenvalue weighted by molar-refractivity contribution is 0.718. The third kappa shape index (κ3) is 3.37. The number of hydrogen-bond acceptors (Lipinski definition) is 3. The average molecular weight is 255 g/mol. The highest BCUT2D eigenvalue weighted by molar-refractivity contribution is 5.26. The minimum atomic E-state index is 0.420. The van der Waals surface area contributed by atoms with Gasteiger partial charge < -0.3 is 0 Å². The number of aromatic nitrogens is 3. The molecule has 1 atom stereocenters. The molecule has 1 unspecified atom stereocenters. The standard InChI is InChI=1S/C16H21N3/c1-11(2)16-8-14(18-10-19-16)7-13(4)15-9-17-6-5-12(15)3/h5-6,8-11,13H,7H2,1-4H3. The Hall–Kier alpha value is -1.77. The summed E-state index contributed by atoms with van der Waals surface area (Å²) in [6.45, 7) is 8.66. The summed E-state index contributed by atoms with van der Waals surface area (Å²) in [6, 6.07) is 4.18. The summed E-state index contributed by atoms with van der Waals surface area (Å²) in [5.41, 5.74) is 4.81. The zero-order valence-electron chi connectivity index (χ0n) is 12.1. The Balaban J connectivity index is 2.17. The van der Waals surface area contributed by atoms with Gasteiger partial charge in [0.2, 0.25) is 0 Å². The molecule has 2 rings (SSSR count). The van der Waals surface area contributed by atoms with Gasteiger partial charge in [-0.15, -0.1) is 0 Å². The highest BCUT2D eigenvalue weighted by Gasteiger charge is 2.11. The van der Waals surface area contributed by atoms with Crippen molar-refractivity contribution in [2.75, 3.05) is 0 Å². The maximum Gasteiger partial charge on any atom is 0.115 e. The molecule has 0 spiro atoms. The van der Waals surface area contributed by atoms with Crippen LogP contribution in [0.1, 0.15) is 55.1 Å². The van der Waals surface area contributed by atoms with Gasteiger partial charge in [-0.1, -0.05) is 20.8 Å². The summed E-state index contributed by atoms with van der Waals surface area (Å²) < 4.78 is 0. The summed E-state index contributed by atoms with van der Waals surface area (Å²) in [6.07, 6.45) is 6.40. The smallest absolute Gasteiger partial charge is 0.115 e. The molecule has 0 N–H and O–H groups in total. The molecule has 3 nitrogen and oxygen atoms in total. The van der Waals surface area contributed by atoms with Gasteiger partial charge in [-0.3, -0.25) is 4.98 Å². The molecule has 2 heterocycles. The van der Waals surface area contributed by atoms with Crippen LogP contribution in [-0.4, -0.2) is 15.0 Å². The molecule has 19 heavy (non-hydrogen) atoms. The van der Waals surface area contributed by atoms with Crippen LogP contribution in [0.2, 0.25) is 0 Å². The molecule has 2 aromatic heterocycles. The predicted octanol–water partition coefficient (Wildman–Crippen LogP) is 3.65. The number of hydrogen-bond donors (Lipinski definition) is 0. The van der Waals surface area contributed by atoms with Gasteiger partial charge in [0, 0.05) is 23.8 Å². The highest BCUT2D eigenvalue weighted by atomic mass is 14.8. The molecule has 3 heteroatoms. The quantitative estimate of drug-likeness (QED) is 0.837. The molecule has 100 valence electrons. The molecule has 0 aliphatic rings. The Labute approximate surface area is 115 Å². The van der Waals surface area contributed by atoms with Gasteiger partial charge >= 0.3 is 0 Å². The van der Waals surface area contributed by atoms with Crippen molar-refractivity contribution < 1.29 is 0 Å². The highest BCUT2D eigenvalue weighted by Crippen LogP contribution is 2.22. The summed E-state index contributed by atoms with van der Waals surface area (Å²) in [5.74, 6) is 0.862. The van der Waals surface area contributed by atoms with E-state index in [1.54, 1.807) is 6.33 Å². The van der Waals surface area contributed by atoms with Gasteiger partial charge in [0.05, 0.1) is 0 Å². The van der Waals surface area contributed by atoms with Crippen molar-refractivity contribution in [3.63, 3.8) is 0 Å². The first-order chi connectivity index (χ1) is 9.08. The van der Waals surface area contributed by atoms with E-state index in [4.69, 9.17) is 0 Å². The minimum absolute atomic E-state index is 0.420. The van der Waals surface area contributed by atoms with Gasteiger partial charge in [-0.25, -0.2) is 9.97 Å². The molecule has 0 fully saturated rings. The van der Waals surface area contributed by atoms with Crippen LogP contribution in [0.25, 0.3) is 0 Å². The van der Waals surface area contributed by atoms with Crippen LogP contribution in [0, 0.1) is 6.92 Å². The Kier molecular flexibility index (Phi) is 4.25. The maximum absolute atomic E-state index is 4.39. The first kappa shape index (κ1) is 13.7. The summed E-state index contributed by atoms with van der Waals surface area (Å²) in [4.78, 5) is 12.9. The van der Waals surface area contributed by atoms with Gasteiger partial charge in [-0.2, -0.15) is 0 Å². The topological polar surface area (TPSA) is 38.7 Å². The van der Waals surface area contributed by atoms with E-state index in [0.29, 0.717) is 11.8 Å². The van der Waals surface area contributed by atoms with Crippen LogP contribution in [0.5, 0.6) is 0 Å². The van der Waals surface area contributed by atoms with E-state index in [9.17, 15) is 0 Å². The average Bonchev–Trinajstić information content (AvgIpc) is 2.39. The lowest BCUT2D eigenvalue weighted by Gasteiger charge is -2.14. The van der Waals surface area contributed by atoms with Crippen LogP contribution in [0.15, 0.2) is 30.9 Å². The van der Waals surface area contributed by atoms with Gasteiger partial charge in [0.25, 0.3) is 0 Å². The maximum atomic E-state index is 4.39. The Morgan fingerprint density at radius 2 is 1.95 bits per heavy atom. The van der Waals surface area contributed by atoms with Crippen LogP contribution < -0.4 is 0 Å². The van der Waals surface area contributed by atoms with E-state index >= 15 is 0 Å². The van der Waals surface area contributed by atoms with Crippen LogP contribution >= 0.6 is 0 Å². The normalized spacial score (nSPS) is 12.7. The van der Waals surface area contributed by atoms with E-state index in [2.05, 4.69) is 54.8 Å². The lowest BCUT2D eigenvalue weighted by Crippen LogP contribution is -2.05. The molecular formula is C16H21N3. The predicted molar refractivity (Wildman–Crippen MR) is 77.2 cm³/mol. The van der Waals surface area contributed by atoms with Crippen molar-refractivity contribution in [1.82, 2.24) is 15.0 Å². The lowest BCUT2D eigenvalue weighted by atomic mass is 9.93. The van der Waals surface area contributed by atoms with E-state index in [-0.39, 0.29) is 0 Å². The largest absolute Gasteiger partial charge is 0.264 e. The second kappa shape index (κ2) is 5.91. The minimum Gasteiger partial charge on any atom is -0.264 e. The summed E-state index contributed by atoms with van der Waals surface area (Å²) in [7, 11) is 0. The molecule has 0 aromatic carbocycles. The second-order valence-electron chi connectivity index (χ2n) is 5.43.